The van der Waals surface area contributed by atoms with Gasteiger partial charge in [0.05, 0.1) is 0 Å². The highest BCUT2D eigenvalue weighted by atomic mass is 14.3. The molecule has 0 bridgehead atoms. The molecule has 0 radical (unpaired) electrons. The van der Waals surface area contributed by atoms with Crippen molar-refractivity contribution in [3.8, 4) is 0 Å². The van der Waals surface area contributed by atoms with Crippen LogP contribution in [0.3, 0.4) is 0 Å². The summed E-state index contributed by atoms with van der Waals surface area (Å²) in [5.74, 6) is 2.83. The number of hydrogen-bond acceptors (Lipinski definition) is 0. The molecular weight excluding hydrogens is 336 g/mol. The molecule has 0 saturated heterocycles. The highest BCUT2D eigenvalue weighted by Gasteiger charge is 2.24. The van der Waals surface area contributed by atoms with Gasteiger partial charge in [-0.05, 0) is 79.4 Å². The van der Waals surface area contributed by atoms with Crippen molar-refractivity contribution in [2.75, 3.05) is 0 Å². The summed E-state index contributed by atoms with van der Waals surface area (Å²) >= 11 is 0. The molecule has 0 N–H and O–H groups in total. The molecule has 2 aliphatic rings. The van der Waals surface area contributed by atoms with E-state index in [1.807, 2.05) is 0 Å². The molecule has 0 heteroatoms. The monoisotopic (exact) mass is 382 g/mol. The van der Waals surface area contributed by atoms with E-state index in [4.69, 9.17) is 0 Å². The summed E-state index contributed by atoms with van der Waals surface area (Å²) in [5, 5.41) is 0. The first kappa shape index (κ1) is 21.9. The molecule has 0 heterocycles. The Morgan fingerprint density at radius 3 is 2.14 bits per heavy atom. The second kappa shape index (κ2) is 12.0. The number of hydrogen-bond donors (Lipinski definition) is 0. The molecule has 1 aromatic rings. The van der Waals surface area contributed by atoms with Crippen LogP contribution in [0, 0.1) is 11.8 Å². The van der Waals surface area contributed by atoms with Crippen LogP contribution in [0.4, 0.5) is 0 Å². The van der Waals surface area contributed by atoms with E-state index in [2.05, 4.69) is 32.0 Å². The zero-order chi connectivity index (χ0) is 19.6. The fourth-order valence-electron chi connectivity index (χ4n) is 5.85. The Bertz CT molecular complexity index is 549. The lowest BCUT2D eigenvalue weighted by atomic mass is 9.75. The van der Waals surface area contributed by atoms with Crippen molar-refractivity contribution >= 4 is 0 Å². The summed E-state index contributed by atoms with van der Waals surface area (Å²) in [7, 11) is 0. The molecule has 28 heavy (non-hydrogen) atoms. The maximum absolute atomic E-state index is 2.62. The standard InChI is InChI=1S/C28H46/c1-3-5-7-8-10-12-24-15-18-28-22-27(20-19-26(28)21-24)25-16-13-23(14-17-25)11-9-6-4-2/h19-20,22-25H,3-18,21H2,1-2H3. The van der Waals surface area contributed by atoms with Crippen molar-refractivity contribution in [2.45, 2.75) is 129 Å². The molecule has 0 aliphatic heterocycles. The number of rotatable bonds is 11. The third-order valence-electron chi connectivity index (χ3n) is 7.81. The van der Waals surface area contributed by atoms with Gasteiger partial charge in [0, 0.05) is 0 Å². The van der Waals surface area contributed by atoms with Crippen LogP contribution in [0.2, 0.25) is 0 Å². The second-order valence-corrected chi connectivity index (χ2v) is 10.1. The molecule has 0 amide bonds. The van der Waals surface area contributed by atoms with Gasteiger partial charge in [-0.2, -0.15) is 0 Å². The van der Waals surface area contributed by atoms with E-state index in [0.717, 1.165) is 17.8 Å². The number of unbranched alkanes of at least 4 members (excludes halogenated alkanes) is 6. The predicted octanol–water partition coefficient (Wildman–Crippen LogP) is 9.01. The summed E-state index contributed by atoms with van der Waals surface area (Å²) in [6, 6.07) is 7.64. The molecule has 0 spiro atoms. The van der Waals surface area contributed by atoms with Gasteiger partial charge in [0.15, 0.2) is 0 Å². The molecule has 158 valence electrons. The summed E-state index contributed by atoms with van der Waals surface area (Å²) < 4.78 is 0. The maximum Gasteiger partial charge on any atom is -0.0162 e. The van der Waals surface area contributed by atoms with Crippen LogP contribution in [-0.2, 0) is 12.8 Å². The summed E-state index contributed by atoms with van der Waals surface area (Å²) in [6.07, 6.45) is 24.3. The van der Waals surface area contributed by atoms with Crippen LogP contribution in [0.5, 0.6) is 0 Å². The van der Waals surface area contributed by atoms with Crippen molar-refractivity contribution in [1.29, 1.82) is 0 Å². The number of benzene rings is 1. The quantitative estimate of drug-likeness (QED) is 0.335. The Labute approximate surface area is 175 Å². The summed E-state index contributed by atoms with van der Waals surface area (Å²) in [4.78, 5) is 0. The Balaban J connectivity index is 1.44. The largest absolute Gasteiger partial charge is 0.0654 e. The Morgan fingerprint density at radius 2 is 1.36 bits per heavy atom. The lowest BCUT2D eigenvalue weighted by Gasteiger charge is -2.30. The van der Waals surface area contributed by atoms with E-state index in [1.54, 1.807) is 16.7 Å². The molecule has 1 saturated carbocycles. The highest BCUT2D eigenvalue weighted by Crippen LogP contribution is 2.39. The zero-order valence-electron chi connectivity index (χ0n) is 19.0. The minimum Gasteiger partial charge on any atom is -0.0654 e. The van der Waals surface area contributed by atoms with Crippen molar-refractivity contribution in [2.24, 2.45) is 11.8 Å². The average Bonchev–Trinajstić information content (AvgIpc) is 2.74. The molecule has 0 aromatic heterocycles. The van der Waals surface area contributed by atoms with E-state index in [9.17, 15) is 0 Å². The van der Waals surface area contributed by atoms with E-state index in [-0.39, 0.29) is 0 Å². The van der Waals surface area contributed by atoms with Gasteiger partial charge in [-0.1, -0.05) is 96.3 Å². The smallest absolute Gasteiger partial charge is 0.0162 e. The average molecular weight is 383 g/mol. The minimum atomic E-state index is 0.851. The van der Waals surface area contributed by atoms with Crippen molar-refractivity contribution < 1.29 is 0 Å². The van der Waals surface area contributed by atoms with E-state index < -0.39 is 0 Å². The van der Waals surface area contributed by atoms with Gasteiger partial charge in [0.2, 0.25) is 0 Å². The van der Waals surface area contributed by atoms with Gasteiger partial charge in [0.1, 0.15) is 0 Å². The first-order chi connectivity index (χ1) is 13.8. The topological polar surface area (TPSA) is 0 Å². The summed E-state index contributed by atoms with van der Waals surface area (Å²) in [6.45, 7) is 4.63. The molecule has 3 rings (SSSR count). The van der Waals surface area contributed by atoms with Gasteiger partial charge in [-0.15, -0.1) is 0 Å². The molecule has 1 fully saturated rings. The van der Waals surface area contributed by atoms with Gasteiger partial charge >= 0.3 is 0 Å². The van der Waals surface area contributed by atoms with E-state index in [0.29, 0.717) is 0 Å². The minimum absolute atomic E-state index is 0.851. The Kier molecular flexibility index (Phi) is 9.42. The normalized spacial score (nSPS) is 24.9. The van der Waals surface area contributed by atoms with Crippen molar-refractivity contribution in [1.82, 2.24) is 0 Å². The Morgan fingerprint density at radius 1 is 0.679 bits per heavy atom. The maximum atomic E-state index is 2.62. The lowest BCUT2D eigenvalue weighted by Crippen LogP contribution is -2.16. The molecule has 1 unspecified atom stereocenters. The van der Waals surface area contributed by atoms with Crippen LogP contribution in [0.15, 0.2) is 18.2 Å². The number of fused-ring (bicyclic) bond motifs is 1. The first-order valence-corrected chi connectivity index (χ1v) is 12.9. The first-order valence-electron chi connectivity index (χ1n) is 12.9. The molecule has 1 aromatic carbocycles. The van der Waals surface area contributed by atoms with Crippen LogP contribution >= 0.6 is 0 Å². The van der Waals surface area contributed by atoms with Crippen molar-refractivity contribution in [3.05, 3.63) is 34.9 Å². The highest BCUT2D eigenvalue weighted by molar-refractivity contribution is 5.36. The van der Waals surface area contributed by atoms with E-state index >= 15 is 0 Å². The Hall–Kier alpha value is -0.780. The third-order valence-corrected chi connectivity index (χ3v) is 7.81. The fraction of sp³-hybridized carbons (Fsp3) is 0.786. The van der Waals surface area contributed by atoms with Gasteiger partial charge in [-0.3, -0.25) is 0 Å². The molecule has 0 nitrogen and oxygen atoms in total. The molecule has 1 atom stereocenters. The predicted molar refractivity (Wildman–Crippen MR) is 124 cm³/mol. The van der Waals surface area contributed by atoms with Gasteiger partial charge in [-0.25, -0.2) is 0 Å². The van der Waals surface area contributed by atoms with E-state index in [1.165, 1.54) is 109 Å². The fourth-order valence-corrected chi connectivity index (χ4v) is 5.85. The lowest BCUT2D eigenvalue weighted by molar-refractivity contribution is 0.302. The van der Waals surface area contributed by atoms with Crippen LogP contribution < -0.4 is 0 Å². The summed E-state index contributed by atoms with van der Waals surface area (Å²) in [5.41, 5.74) is 5.05. The zero-order valence-corrected chi connectivity index (χ0v) is 19.0. The van der Waals surface area contributed by atoms with Gasteiger partial charge in [0.25, 0.3) is 0 Å². The SMILES string of the molecule is CCCCCCCC1CCc2cc(C3CCC(CCCCC)CC3)ccc2C1. The molecule has 2 aliphatic carbocycles. The second-order valence-electron chi connectivity index (χ2n) is 10.1. The molecular formula is C28H46. The van der Waals surface area contributed by atoms with Crippen LogP contribution in [-0.4, -0.2) is 0 Å². The third kappa shape index (κ3) is 6.64. The van der Waals surface area contributed by atoms with Crippen LogP contribution in [0.1, 0.15) is 133 Å². The van der Waals surface area contributed by atoms with Crippen LogP contribution in [0.25, 0.3) is 0 Å². The van der Waals surface area contributed by atoms with Crippen molar-refractivity contribution in [3.63, 3.8) is 0 Å². The van der Waals surface area contributed by atoms with Gasteiger partial charge < -0.3 is 0 Å². The number of aryl methyl sites for hydroxylation is 1.